The van der Waals surface area contributed by atoms with Crippen molar-refractivity contribution in [1.29, 1.82) is 0 Å². The fourth-order valence-corrected chi connectivity index (χ4v) is 3.99. The summed E-state index contributed by atoms with van der Waals surface area (Å²) in [5.74, 6) is 0.436. The fourth-order valence-electron chi connectivity index (χ4n) is 2.24. The highest BCUT2D eigenvalue weighted by Gasteiger charge is 2.12. The van der Waals surface area contributed by atoms with Crippen LogP contribution < -0.4 is 14.8 Å². The molecule has 0 aliphatic carbocycles. The Labute approximate surface area is 170 Å². The molecule has 1 amide bonds. The van der Waals surface area contributed by atoms with E-state index in [-0.39, 0.29) is 12.3 Å². The number of aryl methyl sites for hydroxylation is 1. The number of thioether (sulfide) groups is 1. The third-order valence-electron chi connectivity index (χ3n) is 3.56. The zero-order valence-electron chi connectivity index (χ0n) is 15.3. The molecule has 9 heteroatoms. The molecule has 146 valence electrons. The molecule has 0 saturated heterocycles. The lowest BCUT2D eigenvalue weighted by molar-refractivity contribution is -0.118. The number of carbonyl (C=O) groups is 1. The third kappa shape index (κ3) is 5.43. The van der Waals surface area contributed by atoms with Gasteiger partial charge in [0.05, 0.1) is 24.7 Å². The van der Waals surface area contributed by atoms with E-state index >= 15 is 0 Å². The van der Waals surface area contributed by atoms with Crippen LogP contribution in [0, 0.1) is 12.7 Å². The molecule has 28 heavy (non-hydrogen) atoms. The molecule has 0 aliphatic heterocycles. The van der Waals surface area contributed by atoms with Crippen molar-refractivity contribution in [3.05, 3.63) is 59.1 Å². The van der Waals surface area contributed by atoms with Gasteiger partial charge in [-0.3, -0.25) is 9.78 Å². The second-order valence-electron chi connectivity index (χ2n) is 5.69. The van der Waals surface area contributed by atoms with Gasteiger partial charge in [-0.1, -0.05) is 23.9 Å². The highest BCUT2D eigenvalue weighted by Crippen LogP contribution is 2.30. The first-order valence-corrected chi connectivity index (χ1v) is 10.2. The Bertz CT molecular complexity index is 965. The molecule has 6 nitrogen and oxygen atoms in total. The molecular formula is C19H18FN3O3S2. The Morgan fingerprint density at radius 3 is 2.86 bits per heavy atom. The lowest BCUT2D eigenvalue weighted by Crippen LogP contribution is -2.21. The summed E-state index contributed by atoms with van der Waals surface area (Å²) < 4.78 is 25.4. The smallest absolute Gasteiger partial charge is 0.262 e. The average molecular weight is 420 g/mol. The number of amides is 1. The van der Waals surface area contributed by atoms with Crippen LogP contribution in [0.25, 0.3) is 0 Å². The summed E-state index contributed by atoms with van der Waals surface area (Å²) in [6.07, 6.45) is 1.55. The van der Waals surface area contributed by atoms with E-state index in [0.29, 0.717) is 17.3 Å². The van der Waals surface area contributed by atoms with Crippen molar-refractivity contribution in [1.82, 2.24) is 9.97 Å². The normalized spacial score (nSPS) is 10.5. The Hall–Kier alpha value is -2.65. The molecule has 0 atom stereocenters. The average Bonchev–Trinajstić information content (AvgIpc) is 3.12. The quantitative estimate of drug-likeness (QED) is 0.549. The minimum atomic E-state index is -0.505. The molecule has 3 aromatic rings. The number of carbonyl (C=O) groups excluding carboxylic acids is 1. The van der Waals surface area contributed by atoms with Crippen LogP contribution >= 0.6 is 23.1 Å². The standard InChI is InChI=1S/C19H18FN3O3S2/c1-12-10-27-19(22-12)28-11-13-7-16(17(25-2)8-21-13)26-9-18(24)23-15-6-4-3-5-14(15)20/h3-8,10H,9,11H2,1-2H3,(H,23,24). The Kier molecular flexibility index (Phi) is 6.83. The highest BCUT2D eigenvalue weighted by molar-refractivity contribution is 8.00. The number of thiazole rings is 1. The van der Waals surface area contributed by atoms with E-state index in [0.717, 1.165) is 15.7 Å². The number of pyridine rings is 1. The number of hydrogen-bond acceptors (Lipinski definition) is 7. The van der Waals surface area contributed by atoms with Gasteiger partial charge in [-0.05, 0) is 19.1 Å². The van der Waals surface area contributed by atoms with E-state index in [1.807, 2.05) is 12.3 Å². The van der Waals surface area contributed by atoms with Crippen molar-refractivity contribution in [3.63, 3.8) is 0 Å². The van der Waals surface area contributed by atoms with Crippen molar-refractivity contribution < 1.29 is 18.7 Å². The summed E-state index contributed by atoms with van der Waals surface area (Å²) >= 11 is 3.15. The Morgan fingerprint density at radius 1 is 1.32 bits per heavy atom. The van der Waals surface area contributed by atoms with Gasteiger partial charge in [0.1, 0.15) is 10.2 Å². The van der Waals surface area contributed by atoms with Crippen molar-refractivity contribution in [3.8, 4) is 11.5 Å². The second kappa shape index (κ2) is 9.52. The van der Waals surface area contributed by atoms with Crippen LogP contribution in [0.2, 0.25) is 0 Å². The molecule has 2 aromatic heterocycles. The SMILES string of the molecule is COc1cnc(CSc2nc(C)cs2)cc1OCC(=O)Nc1ccccc1F. The maximum Gasteiger partial charge on any atom is 0.262 e. The second-order valence-corrected chi connectivity index (χ2v) is 7.77. The van der Waals surface area contributed by atoms with Crippen LogP contribution in [-0.4, -0.2) is 29.6 Å². The number of anilines is 1. The van der Waals surface area contributed by atoms with Gasteiger partial charge in [-0.15, -0.1) is 11.3 Å². The van der Waals surface area contributed by atoms with E-state index in [4.69, 9.17) is 9.47 Å². The summed E-state index contributed by atoms with van der Waals surface area (Å²) in [7, 11) is 1.50. The van der Waals surface area contributed by atoms with Crippen LogP contribution in [0.4, 0.5) is 10.1 Å². The molecular weight excluding hydrogens is 401 g/mol. The van der Waals surface area contributed by atoms with Crippen molar-refractivity contribution >= 4 is 34.7 Å². The number of ether oxygens (including phenoxy) is 2. The molecule has 0 spiro atoms. The first-order valence-electron chi connectivity index (χ1n) is 8.30. The Morgan fingerprint density at radius 2 is 2.14 bits per heavy atom. The number of halogens is 1. The summed E-state index contributed by atoms with van der Waals surface area (Å²) in [6.45, 7) is 1.66. The number of nitrogens with zero attached hydrogens (tertiary/aromatic N) is 2. The van der Waals surface area contributed by atoms with E-state index < -0.39 is 11.7 Å². The number of methoxy groups -OCH3 is 1. The number of aromatic nitrogens is 2. The van der Waals surface area contributed by atoms with E-state index in [1.165, 1.54) is 19.2 Å². The zero-order chi connectivity index (χ0) is 19.9. The monoisotopic (exact) mass is 419 g/mol. The van der Waals surface area contributed by atoms with Crippen LogP contribution in [0.15, 0.2) is 46.2 Å². The van der Waals surface area contributed by atoms with Crippen LogP contribution in [0.3, 0.4) is 0 Å². The topological polar surface area (TPSA) is 73.3 Å². The van der Waals surface area contributed by atoms with Gasteiger partial charge in [0.2, 0.25) is 0 Å². The number of benzene rings is 1. The molecule has 1 aromatic carbocycles. The van der Waals surface area contributed by atoms with Gasteiger partial charge in [0.15, 0.2) is 18.1 Å². The predicted molar refractivity (Wildman–Crippen MR) is 108 cm³/mol. The largest absolute Gasteiger partial charge is 0.491 e. The van der Waals surface area contributed by atoms with Crippen molar-refractivity contribution in [2.24, 2.45) is 0 Å². The van der Waals surface area contributed by atoms with Crippen LogP contribution in [0.1, 0.15) is 11.4 Å². The highest BCUT2D eigenvalue weighted by atomic mass is 32.2. The molecule has 3 rings (SSSR count). The number of nitrogens with one attached hydrogen (secondary N) is 1. The lowest BCUT2D eigenvalue weighted by Gasteiger charge is -2.12. The maximum absolute atomic E-state index is 13.6. The first kappa shape index (κ1) is 20.1. The van der Waals surface area contributed by atoms with Gasteiger partial charge in [0, 0.05) is 22.9 Å². The molecule has 0 unspecified atom stereocenters. The number of rotatable bonds is 8. The van der Waals surface area contributed by atoms with Crippen LogP contribution in [0.5, 0.6) is 11.5 Å². The summed E-state index contributed by atoms with van der Waals surface area (Å²) in [6, 6.07) is 7.67. The van der Waals surface area contributed by atoms with Gasteiger partial charge < -0.3 is 14.8 Å². The van der Waals surface area contributed by atoms with Crippen LogP contribution in [-0.2, 0) is 10.5 Å². The summed E-state index contributed by atoms with van der Waals surface area (Å²) in [5, 5.41) is 4.47. The minimum Gasteiger partial charge on any atom is -0.491 e. The van der Waals surface area contributed by atoms with Gasteiger partial charge in [-0.25, -0.2) is 9.37 Å². The van der Waals surface area contributed by atoms with E-state index in [1.54, 1.807) is 47.5 Å². The summed E-state index contributed by atoms with van der Waals surface area (Å²) in [4.78, 5) is 20.8. The van der Waals surface area contributed by atoms with Gasteiger partial charge in [0.25, 0.3) is 5.91 Å². The van der Waals surface area contributed by atoms with E-state index in [2.05, 4.69) is 15.3 Å². The van der Waals surface area contributed by atoms with Gasteiger partial charge >= 0.3 is 0 Å². The van der Waals surface area contributed by atoms with Gasteiger partial charge in [-0.2, -0.15) is 0 Å². The van der Waals surface area contributed by atoms with E-state index in [9.17, 15) is 9.18 Å². The summed E-state index contributed by atoms with van der Waals surface area (Å²) in [5.41, 5.74) is 1.86. The third-order valence-corrected chi connectivity index (χ3v) is 5.73. The number of para-hydroxylation sites is 1. The molecule has 0 bridgehead atoms. The maximum atomic E-state index is 13.6. The zero-order valence-corrected chi connectivity index (χ0v) is 16.9. The number of hydrogen-bond donors (Lipinski definition) is 1. The minimum absolute atomic E-state index is 0.105. The molecule has 0 saturated carbocycles. The first-order chi connectivity index (χ1) is 13.5. The van der Waals surface area contributed by atoms with Crippen molar-refractivity contribution in [2.45, 2.75) is 17.0 Å². The molecule has 1 N–H and O–H groups in total. The van der Waals surface area contributed by atoms with Crippen molar-refractivity contribution in [2.75, 3.05) is 19.0 Å². The molecule has 0 fully saturated rings. The fraction of sp³-hybridized carbons (Fsp3) is 0.211. The lowest BCUT2D eigenvalue weighted by atomic mass is 10.3. The molecule has 0 radical (unpaired) electrons. The molecule has 0 aliphatic rings. The Balaban J connectivity index is 1.61. The molecule has 2 heterocycles. The predicted octanol–water partition coefficient (Wildman–Crippen LogP) is 4.30.